The van der Waals surface area contributed by atoms with Crippen LogP contribution in [-0.2, 0) is 11.3 Å². The molecule has 2 heteroatoms. The van der Waals surface area contributed by atoms with E-state index in [1.165, 1.54) is 18.4 Å². The first-order valence-corrected chi connectivity index (χ1v) is 5.61. The van der Waals surface area contributed by atoms with Gasteiger partial charge in [0.25, 0.3) is 0 Å². The van der Waals surface area contributed by atoms with Crippen LogP contribution in [0.25, 0.3) is 0 Å². The van der Waals surface area contributed by atoms with E-state index in [9.17, 15) is 0 Å². The van der Waals surface area contributed by atoms with Crippen molar-refractivity contribution in [1.29, 1.82) is 0 Å². The van der Waals surface area contributed by atoms with Gasteiger partial charge in [0.15, 0.2) is 0 Å². The van der Waals surface area contributed by atoms with Crippen molar-refractivity contribution >= 4 is 6.21 Å². The fourth-order valence-electron chi connectivity index (χ4n) is 1.28. The summed E-state index contributed by atoms with van der Waals surface area (Å²) >= 11 is 0. The quantitative estimate of drug-likeness (QED) is 0.379. The summed E-state index contributed by atoms with van der Waals surface area (Å²) in [6, 6.07) is 10.3. The van der Waals surface area contributed by atoms with Crippen molar-refractivity contribution in [2.24, 2.45) is 5.16 Å². The van der Waals surface area contributed by atoms with Gasteiger partial charge in [-0.1, -0.05) is 55.3 Å². The van der Waals surface area contributed by atoms with Crippen molar-refractivity contribution in [1.82, 2.24) is 0 Å². The molecule has 0 aliphatic rings. The monoisotopic (exact) mass is 205 g/mol. The summed E-state index contributed by atoms with van der Waals surface area (Å²) in [5, 5.41) is 3.91. The molecule has 15 heavy (non-hydrogen) atoms. The Balaban J connectivity index is 2.07. The zero-order valence-corrected chi connectivity index (χ0v) is 9.36. The summed E-state index contributed by atoms with van der Waals surface area (Å²) in [7, 11) is 0. The summed E-state index contributed by atoms with van der Waals surface area (Å²) in [6.45, 7) is 2.91. The minimum absolute atomic E-state index is 0.735. The lowest BCUT2D eigenvalue weighted by atomic mass is 10.2. The van der Waals surface area contributed by atoms with Crippen LogP contribution in [0.2, 0.25) is 0 Å². The molecule has 0 fully saturated rings. The average molecular weight is 205 g/mol. The molecule has 0 N–H and O–H groups in total. The molecule has 1 rings (SSSR count). The van der Waals surface area contributed by atoms with E-state index in [-0.39, 0.29) is 0 Å². The Labute approximate surface area is 91.9 Å². The summed E-state index contributed by atoms with van der Waals surface area (Å²) in [6.07, 6.45) is 6.19. The van der Waals surface area contributed by atoms with Crippen molar-refractivity contribution in [3.63, 3.8) is 0 Å². The van der Waals surface area contributed by atoms with Crippen molar-refractivity contribution in [3.05, 3.63) is 35.9 Å². The van der Waals surface area contributed by atoms with E-state index < -0.39 is 0 Å². The zero-order chi connectivity index (χ0) is 10.8. The molecule has 0 saturated heterocycles. The average Bonchev–Trinajstić information content (AvgIpc) is 2.29. The summed E-state index contributed by atoms with van der Waals surface area (Å²) in [5.74, 6) is 0. The van der Waals surface area contributed by atoms with Crippen molar-refractivity contribution in [2.75, 3.05) is 6.61 Å². The Bertz CT molecular complexity index is 269. The van der Waals surface area contributed by atoms with Gasteiger partial charge in [-0.15, -0.1) is 0 Å². The molecule has 0 bridgehead atoms. The minimum Gasteiger partial charge on any atom is -0.396 e. The largest absolute Gasteiger partial charge is 0.396 e. The molecular formula is C13H19NO. The van der Waals surface area contributed by atoms with Crippen LogP contribution in [-0.4, -0.2) is 12.8 Å². The van der Waals surface area contributed by atoms with E-state index in [0.717, 1.165) is 19.4 Å². The van der Waals surface area contributed by atoms with Crippen molar-refractivity contribution in [2.45, 2.75) is 32.6 Å². The van der Waals surface area contributed by atoms with Crippen molar-refractivity contribution < 1.29 is 4.84 Å². The van der Waals surface area contributed by atoms with Crippen LogP contribution >= 0.6 is 0 Å². The van der Waals surface area contributed by atoms with Gasteiger partial charge in [-0.25, -0.2) is 0 Å². The zero-order valence-electron chi connectivity index (χ0n) is 9.36. The van der Waals surface area contributed by atoms with Crippen molar-refractivity contribution in [3.8, 4) is 0 Å². The van der Waals surface area contributed by atoms with Crippen LogP contribution in [0.5, 0.6) is 0 Å². The third-order valence-electron chi connectivity index (χ3n) is 2.16. The fourth-order valence-corrected chi connectivity index (χ4v) is 1.28. The Kier molecular flexibility index (Phi) is 6.30. The van der Waals surface area contributed by atoms with Gasteiger partial charge < -0.3 is 4.84 Å². The van der Waals surface area contributed by atoms with E-state index in [1.54, 1.807) is 0 Å². The lowest BCUT2D eigenvalue weighted by molar-refractivity contribution is 0.141. The topological polar surface area (TPSA) is 21.6 Å². The number of benzene rings is 1. The SMILES string of the molecule is CCCCCON=CCc1ccccc1. The molecule has 0 aromatic heterocycles. The third-order valence-corrected chi connectivity index (χ3v) is 2.16. The molecule has 0 heterocycles. The Morgan fingerprint density at radius 1 is 1.20 bits per heavy atom. The highest BCUT2D eigenvalue weighted by molar-refractivity contribution is 5.60. The van der Waals surface area contributed by atoms with Gasteiger partial charge in [0.05, 0.1) is 0 Å². The molecule has 1 aromatic carbocycles. The molecule has 0 atom stereocenters. The lowest BCUT2D eigenvalue weighted by Gasteiger charge is -1.97. The van der Waals surface area contributed by atoms with E-state index in [0.29, 0.717) is 0 Å². The van der Waals surface area contributed by atoms with E-state index >= 15 is 0 Å². The summed E-state index contributed by atoms with van der Waals surface area (Å²) < 4.78 is 0. The maximum absolute atomic E-state index is 5.13. The van der Waals surface area contributed by atoms with Gasteiger partial charge >= 0.3 is 0 Å². The second kappa shape index (κ2) is 8.04. The first-order chi connectivity index (χ1) is 7.43. The normalized spacial score (nSPS) is 10.7. The highest BCUT2D eigenvalue weighted by atomic mass is 16.6. The molecule has 82 valence electrons. The first kappa shape index (κ1) is 11.8. The standard InChI is InChI=1S/C13H19NO/c1-2-3-7-12-15-14-11-10-13-8-5-4-6-9-13/h4-6,8-9,11H,2-3,7,10,12H2,1H3. The predicted octanol–water partition coefficient (Wildman–Crippen LogP) is 3.42. The fraction of sp³-hybridized carbons (Fsp3) is 0.462. The molecule has 0 aliphatic heterocycles. The smallest absolute Gasteiger partial charge is 0.117 e. The van der Waals surface area contributed by atoms with Crippen LogP contribution in [0.1, 0.15) is 31.7 Å². The molecule has 0 unspecified atom stereocenters. The lowest BCUT2D eigenvalue weighted by Crippen LogP contribution is -1.90. The Morgan fingerprint density at radius 2 is 2.00 bits per heavy atom. The van der Waals surface area contributed by atoms with Gasteiger partial charge in [-0.2, -0.15) is 0 Å². The van der Waals surface area contributed by atoms with Crippen LogP contribution < -0.4 is 0 Å². The molecule has 0 aliphatic carbocycles. The van der Waals surface area contributed by atoms with Gasteiger partial charge in [-0.05, 0) is 12.0 Å². The van der Waals surface area contributed by atoms with E-state index in [4.69, 9.17) is 4.84 Å². The predicted molar refractivity (Wildman–Crippen MR) is 64.1 cm³/mol. The summed E-state index contributed by atoms with van der Waals surface area (Å²) in [4.78, 5) is 5.13. The minimum atomic E-state index is 0.735. The van der Waals surface area contributed by atoms with Gasteiger partial charge in [-0.3, -0.25) is 0 Å². The number of rotatable bonds is 7. The molecule has 0 spiro atoms. The number of hydrogen-bond donors (Lipinski definition) is 0. The molecule has 0 saturated carbocycles. The Morgan fingerprint density at radius 3 is 2.73 bits per heavy atom. The van der Waals surface area contributed by atoms with E-state index in [2.05, 4.69) is 24.2 Å². The molecule has 1 aromatic rings. The molecule has 0 radical (unpaired) electrons. The second-order valence-electron chi connectivity index (χ2n) is 3.52. The maximum Gasteiger partial charge on any atom is 0.117 e. The number of unbranched alkanes of at least 4 members (excludes halogenated alkanes) is 2. The van der Waals surface area contributed by atoms with Gasteiger partial charge in [0.2, 0.25) is 0 Å². The third kappa shape index (κ3) is 5.89. The number of oxime groups is 1. The highest BCUT2D eigenvalue weighted by Crippen LogP contribution is 1.98. The van der Waals surface area contributed by atoms with Gasteiger partial charge in [0.1, 0.15) is 6.61 Å². The Hall–Kier alpha value is -1.31. The van der Waals surface area contributed by atoms with Crippen LogP contribution in [0, 0.1) is 0 Å². The van der Waals surface area contributed by atoms with Crippen LogP contribution in [0.3, 0.4) is 0 Å². The first-order valence-electron chi connectivity index (χ1n) is 5.61. The highest BCUT2D eigenvalue weighted by Gasteiger charge is 1.87. The molecular weight excluding hydrogens is 186 g/mol. The number of hydrogen-bond acceptors (Lipinski definition) is 2. The molecule has 0 amide bonds. The van der Waals surface area contributed by atoms with E-state index in [1.807, 2.05) is 24.4 Å². The van der Waals surface area contributed by atoms with Gasteiger partial charge in [0, 0.05) is 12.6 Å². The molecule has 2 nitrogen and oxygen atoms in total. The van der Waals surface area contributed by atoms with Crippen LogP contribution in [0.15, 0.2) is 35.5 Å². The van der Waals surface area contributed by atoms with Crippen LogP contribution in [0.4, 0.5) is 0 Å². The maximum atomic E-state index is 5.13. The summed E-state index contributed by atoms with van der Waals surface area (Å²) in [5.41, 5.74) is 1.26. The second-order valence-corrected chi connectivity index (χ2v) is 3.52. The number of nitrogens with zero attached hydrogens (tertiary/aromatic N) is 1.